The molecule has 0 aliphatic heterocycles. The standard InChI is InChI=1S/C27H39N3O7/c1-20(31)7-4-3-5-13-28-25(34)8-6-15-37-16-14-29-26(35)19-27(36)30-23-11-9-22(10-12-23)18-24(33)17-21(2)32/h9-12H,3-8,13-19H2,1-2H3,(H,28,34)(H,29,35)(H,30,36). The molecule has 3 amide bonds. The summed E-state index contributed by atoms with van der Waals surface area (Å²) in [7, 11) is 0. The Hall–Kier alpha value is -3.40. The van der Waals surface area contributed by atoms with Crippen LogP contribution >= 0.6 is 0 Å². The lowest BCUT2D eigenvalue weighted by atomic mass is 10.1. The molecule has 1 aromatic rings. The van der Waals surface area contributed by atoms with Crippen LogP contribution in [-0.2, 0) is 39.9 Å². The zero-order valence-electron chi connectivity index (χ0n) is 21.9. The normalized spacial score (nSPS) is 10.4. The highest BCUT2D eigenvalue weighted by atomic mass is 16.5. The number of hydrogen-bond acceptors (Lipinski definition) is 7. The number of unbranched alkanes of at least 4 members (excludes halogenated alkanes) is 2. The number of hydrogen-bond donors (Lipinski definition) is 3. The minimum Gasteiger partial charge on any atom is -0.380 e. The van der Waals surface area contributed by atoms with Crippen molar-refractivity contribution < 1.29 is 33.5 Å². The molecule has 0 aromatic heterocycles. The number of carbonyl (C=O) groups is 6. The van der Waals surface area contributed by atoms with Crippen LogP contribution < -0.4 is 16.0 Å². The van der Waals surface area contributed by atoms with Crippen LogP contribution in [0.15, 0.2) is 24.3 Å². The highest BCUT2D eigenvalue weighted by molar-refractivity contribution is 6.03. The van der Waals surface area contributed by atoms with Gasteiger partial charge < -0.3 is 25.5 Å². The summed E-state index contributed by atoms with van der Waals surface area (Å²) in [6.07, 6.45) is 3.84. The van der Waals surface area contributed by atoms with Crippen LogP contribution in [0.2, 0.25) is 0 Å². The Morgan fingerprint density at radius 3 is 2.05 bits per heavy atom. The van der Waals surface area contributed by atoms with Crippen LogP contribution in [0.4, 0.5) is 5.69 Å². The van der Waals surface area contributed by atoms with Crippen molar-refractivity contribution in [2.24, 2.45) is 0 Å². The molecule has 0 atom stereocenters. The maximum absolute atomic E-state index is 12.1. The van der Waals surface area contributed by atoms with Crippen LogP contribution in [0.25, 0.3) is 0 Å². The summed E-state index contributed by atoms with van der Waals surface area (Å²) in [6.45, 7) is 4.46. The predicted molar refractivity (Wildman–Crippen MR) is 139 cm³/mol. The second-order valence-corrected chi connectivity index (χ2v) is 8.94. The van der Waals surface area contributed by atoms with E-state index in [2.05, 4.69) is 16.0 Å². The number of ketones is 3. The van der Waals surface area contributed by atoms with Crippen LogP contribution in [0.3, 0.4) is 0 Å². The molecule has 3 N–H and O–H groups in total. The van der Waals surface area contributed by atoms with Gasteiger partial charge in [0.2, 0.25) is 17.7 Å². The minimum absolute atomic E-state index is 0.0365. The maximum atomic E-state index is 12.1. The quantitative estimate of drug-likeness (QED) is 0.178. The highest BCUT2D eigenvalue weighted by Crippen LogP contribution is 2.11. The van der Waals surface area contributed by atoms with Gasteiger partial charge in [0, 0.05) is 44.6 Å². The summed E-state index contributed by atoms with van der Waals surface area (Å²) in [5, 5.41) is 8.07. The molecule has 37 heavy (non-hydrogen) atoms. The number of nitrogens with one attached hydrogen (secondary N) is 3. The van der Waals surface area contributed by atoms with E-state index in [1.807, 2.05) is 0 Å². The second kappa shape index (κ2) is 18.8. The number of anilines is 1. The summed E-state index contributed by atoms with van der Waals surface area (Å²) < 4.78 is 5.40. The molecule has 0 unspecified atom stereocenters. The molecule has 0 saturated carbocycles. The summed E-state index contributed by atoms with van der Waals surface area (Å²) in [4.78, 5) is 69.3. The number of benzene rings is 1. The Bertz CT molecular complexity index is 913. The van der Waals surface area contributed by atoms with Gasteiger partial charge in [0.25, 0.3) is 0 Å². The van der Waals surface area contributed by atoms with Crippen molar-refractivity contribution in [3.05, 3.63) is 29.8 Å². The largest absolute Gasteiger partial charge is 0.380 e. The third-order valence-electron chi connectivity index (χ3n) is 5.20. The van der Waals surface area contributed by atoms with Crippen molar-refractivity contribution in [1.82, 2.24) is 10.6 Å². The Labute approximate surface area is 218 Å². The molecule has 0 saturated heterocycles. The van der Waals surface area contributed by atoms with Crippen LogP contribution in [0, 0.1) is 0 Å². The summed E-state index contributed by atoms with van der Waals surface area (Å²) >= 11 is 0. The molecule has 0 spiro atoms. The fraction of sp³-hybridized carbons (Fsp3) is 0.556. The Kier molecular flexibility index (Phi) is 16.1. The van der Waals surface area contributed by atoms with Gasteiger partial charge in [-0.05, 0) is 50.8 Å². The Morgan fingerprint density at radius 2 is 1.38 bits per heavy atom. The van der Waals surface area contributed by atoms with Crippen molar-refractivity contribution in [1.29, 1.82) is 0 Å². The van der Waals surface area contributed by atoms with Crippen LogP contribution in [0.5, 0.6) is 0 Å². The lowest BCUT2D eigenvalue weighted by molar-refractivity contribution is -0.128. The van der Waals surface area contributed by atoms with Gasteiger partial charge in [-0.1, -0.05) is 18.6 Å². The van der Waals surface area contributed by atoms with Crippen molar-refractivity contribution in [3.63, 3.8) is 0 Å². The lowest BCUT2D eigenvalue weighted by Gasteiger charge is -2.08. The number of ether oxygens (including phenoxy) is 1. The van der Waals surface area contributed by atoms with E-state index in [-0.39, 0.29) is 55.7 Å². The molecule has 1 aromatic carbocycles. The van der Waals surface area contributed by atoms with Gasteiger partial charge in [0.05, 0.1) is 13.0 Å². The number of carbonyl (C=O) groups excluding carboxylic acids is 6. The van der Waals surface area contributed by atoms with Gasteiger partial charge in [0.15, 0.2) is 0 Å². The predicted octanol–water partition coefficient (Wildman–Crippen LogP) is 2.28. The molecule has 204 valence electrons. The number of Topliss-reactive ketones (excluding diaryl/α,β-unsaturated/α-hetero) is 3. The SMILES string of the molecule is CC(=O)CCCCCNC(=O)CCCOCCNC(=O)CC(=O)Nc1ccc(CC(=O)CC(C)=O)cc1. The zero-order chi connectivity index (χ0) is 27.5. The van der Waals surface area contributed by atoms with E-state index in [0.29, 0.717) is 38.1 Å². The summed E-state index contributed by atoms with van der Waals surface area (Å²) in [5.74, 6) is -1.10. The van der Waals surface area contributed by atoms with Gasteiger partial charge >= 0.3 is 0 Å². The molecule has 0 aliphatic carbocycles. The molecule has 10 heteroatoms. The van der Waals surface area contributed by atoms with Crippen molar-refractivity contribution >= 4 is 40.8 Å². The average molecular weight is 518 g/mol. The highest BCUT2D eigenvalue weighted by Gasteiger charge is 2.10. The molecular formula is C27H39N3O7. The second-order valence-electron chi connectivity index (χ2n) is 8.94. The van der Waals surface area contributed by atoms with E-state index in [9.17, 15) is 28.8 Å². The summed E-state index contributed by atoms with van der Waals surface area (Å²) in [6, 6.07) is 6.65. The first kappa shape index (κ1) is 31.6. The third kappa shape index (κ3) is 17.6. The van der Waals surface area contributed by atoms with E-state index in [1.165, 1.54) is 6.92 Å². The van der Waals surface area contributed by atoms with E-state index >= 15 is 0 Å². The maximum Gasteiger partial charge on any atom is 0.233 e. The molecule has 1 rings (SSSR count). The van der Waals surface area contributed by atoms with Crippen LogP contribution in [0.1, 0.15) is 70.8 Å². The van der Waals surface area contributed by atoms with Gasteiger partial charge in [-0.15, -0.1) is 0 Å². The fourth-order valence-corrected chi connectivity index (χ4v) is 3.38. The molecule has 0 aliphatic rings. The molecule has 0 bridgehead atoms. The Morgan fingerprint density at radius 1 is 0.676 bits per heavy atom. The fourth-order valence-electron chi connectivity index (χ4n) is 3.38. The summed E-state index contributed by atoms with van der Waals surface area (Å²) in [5.41, 5.74) is 1.24. The van der Waals surface area contributed by atoms with E-state index in [0.717, 1.165) is 24.8 Å². The van der Waals surface area contributed by atoms with Crippen molar-refractivity contribution in [3.8, 4) is 0 Å². The van der Waals surface area contributed by atoms with Gasteiger partial charge in [-0.2, -0.15) is 0 Å². The molecule has 0 heterocycles. The Balaban J connectivity index is 2.07. The smallest absolute Gasteiger partial charge is 0.233 e. The first-order valence-electron chi connectivity index (χ1n) is 12.7. The van der Waals surface area contributed by atoms with Gasteiger partial charge in [-0.25, -0.2) is 0 Å². The van der Waals surface area contributed by atoms with E-state index in [1.54, 1.807) is 31.2 Å². The monoisotopic (exact) mass is 517 g/mol. The van der Waals surface area contributed by atoms with E-state index < -0.39 is 11.8 Å². The number of amides is 3. The third-order valence-corrected chi connectivity index (χ3v) is 5.20. The molecular weight excluding hydrogens is 478 g/mol. The topological polar surface area (TPSA) is 148 Å². The van der Waals surface area contributed by atoms with Crippen molar-refractivity contribution in [2.75, 3.05) is 31.6 Å². The molecule has 0 fully saturated rings. The average Bonchev–Trinajstić information content (AvgIpc) is 2.81. The van der Waals surface area contributed by atoms with Gasteiger partial charge in [0.1, 0.15) is 23.8 Å². The first-order valence-corrected chi connectivity index (χ1v) is 12.7. The van der Waals surface area contributed by atoms with E-state index in [4.69, 9.17) is 4.74 Å². The molecule has 10 nitrogen and oxygen atoms in total. The van der Waals surface area contributed by atoms with Gasteiger partial charge in [-0.3, -0.25) is 24.0 Å². The zero-order valence-corrected chi connectivity index (χ0v) is 21.9. The lowest BCUT2D eigenvalue weighted by Crippen LogP contribution is -2.30. The number of rotatable bonds is 20. The minimum atomic E-state index is -0.469. The molecule has 0 radical (unpaired) electrons. The van der Waals surface area contributed by atoms with Crippen LogP contribution in [-0.4, -0.2) is 61.4 Å². The first-order chi connectivity index (χ1) is 17.7. The van der Waals surface area contributed by atoms with Crippen molar-refractivity contribution in [2.45, 2.75) is 71.6 Å².